The number of nitrogens with two attached hydrogens (primary N) is 1. The SMILES string of the molecule is COc1cc(C[NH2+]Cc2ccc(OCCCCCCCCCCOCC3=CN(CCN4C(=O)c5cccc6c(N7CCOCC7)ccc(c56)C4=O)[N]N3C)cc2)cc(OC)c1. The third-order valence-electron chi connectivity index (χ3n) is 11.6. The Morgan fingerprint density at radius 2 is 1.36 bits per heavy atom. The summed E-state index contributed by atoms with van der Waals surface area (Å²) < 4.78 is 28.3. The fourth-order valence-electron chi connectivity index (χ4n) is 8.21. The number of rotatable bonds is 24. The van der Waals surface area contributed by atoms with Crippen molar-refractivity contribution >= 4 is 28.3 Å². The molecular formula is C48H62N6O7+. The number of carbonyl (C=O) groups is 2. The minimum Gasteiger partial charge on any atom is -0.497 e. The van der Waals surface area contributed by atoms with Crippen LogP contribution in [0.3, 0.4) is 0 Å². The summed E-state index contributed by atoms with van der Waals surface area (Å²) >= 11 is 0. The van der Waals surface area contributed by atoms with E-state index in [9.17, 15) is 9.59 Å². The highest BCUT2D eigenvalue weighted by Crippen LogP contribution is 2.36. The van der Waals surface area contributed by atoms with E-state index in [4.69, 9.17) is 23.7 Å². The van der Waals surface area contributed by atoms with Crippen LogP contribution in [-0.4, -0.2) is 107 Å². The van der Waals surface area contributed by atoms with Crippen molar-refractivity contribution in [3.8, 4) is 17.2 Å². The second kappa shape index (κ2) is 22.0. The molecule has 0 aliphatic carbocycles. The first-order chi connectivity index (χ1) is 29.9. The highest BCUT2D eigenvalue weighted by atomic mass is 16.5. The van der Waals surface area contributed by atoms with Gasteiger partial charge in [0.15, 0.2) is 0 Å². The smallest absolute Gasteiger partial charge is 0.261 e. The van der Waals surface area contributed by atoms with E-state index in [-0.39, 0.29) is 18.4 Å². The summed E-state index contributed by atoms with van der Waals surface area (Å²) in [5.41, 5.74) is 10.1. The highest BCUT2D eigenvalue weighted by molar-refractivity contribution is 6.26. The number of quaternary nitrogens is 1. The number of anilines is 1. The number of nitrogens with zero attached hydrogens (tertiary/aromatic N) is 5. The van der Waals surface area contributed by atoms with Crippen LogP contribution in [0.25, 0.3) is 10.8 Å². The van der Waals surface area contributed by atoms with Crippen LogP contribution in [-0.2, 0) is 22.6 Å². The van der Waals surface area contributed by atoms with Gasteiger partial charge in [-0.1, -0.05) is 50.7 Å². The molecule has 3 aliphatic heterocycles. The van der Waals surface area contributed by atoms with E-state index in [0.717, 1.165) is 91.5 Å². The molecule has 13 nitrogen and oxygen atoms in total. The molecule has 13 heteroatoms. The van der Waals surface area contributed by atoms with Crippen LogP contribution in [0, 0.1) is 0 Å². The Bertz CT molecular complexity index is 2060. The standard InChI is InChI=1S/C48H61N6O7/c1-51-38(34-53(50-51)21-22-54-47(55)43-14-12-13-42-45(52-23-27-59-28-24-52)20-19-44(46(42)43)48(54)56)35-60-25-10-8-6-4-5-7-9-11-26-61-39-17-15-36(16-18-39)32-49-33-37-29-40(57-2)31-41(30-37)58-3/h12-20,29-31,34,49H,4-11,21-28,32-33,35H2,1-3H3/p+1. The van der Waals surface area contributed by atoms with E-state index in [1.54, 1.807) is 24.2 Å². The number of benzene rings is 4. The number of hydrogen-bond acceptors (Lipinski definition) is 10. The summed E-state index contributed by atoms with van der Waals surface area (Å²) in [6.07, 6.45) is 11.3. The zero-order valence-corrected chi connectivity index (χ0v) is 36.1. The molecule has 61 heavy (non-hydrogen) atoms. The first-order valence-corrected chi connectivity index (χ1v) is 21.9. The van der Waals surface area contributed by atoms with Crippen molar-refractivity contribution in [3.05, 3.63) is 107 Å². The van der Waals surface area contributed by atoms with Crippen molar-refractivity contribution in [2.75, 3.05) is 85.4 Å². The summed E-state index contributed by atoms with van der Waals surface area (Å²) in [6, 6.07) is 24.0. The van der Waals surface area contributed by atoms with Gasteiger partial charge >= 0.3 is 0 Å². The molecule has 0 aromatic heterocycles. The predicted octanol–water partition coefficient (Wildman–Crippen LogP) is 6.29. The second-order valence-electron chi connectivity index (χ2n) is 15.9. The Morgan fingerprint density at radius 1 is 0.705 bits per heavy atom. The number of unbranched alkanes of at least 4 members (excludes halogenated alkanes) is 7. The minimum absolute atomic E-state index is 0.230. The summed E-state index contributed by atoms with van der Waals surface area (Å²) in [7, 11) is 5.24. The maximum atomic E-state index is 13.7. The van der Waals surface area contributed by atoms with Crippen molar-refractivity contribution in [3.63, 3.8) is 0 Å². The Balaban J connectivity index is 0.713. The number of carbonyl (C=O) groups excluding carboxylic acids is 2. The predicted molar refractivity (Wildman–Crippen MR) is 236 cm³/mol. The molecule has 0 atom stereocenters. The van der Waals surface area contributed by atoms with Crippen LogP contribution in [0.1, 0.15) is 83.2 Å². The van der Waals surface area contributed by atoms with Gasteiger partial charge in [-0.3, -0.25) is 24.5 Å². The summed E-state index contributed by atoms with van der Waals surface area (Å²) in [4.78, 5) is 30.9. The van der Waals surface area contributed by atoms with Gasteiger partial charge in [0.25, 0.3) is 11.8 Å². The van der Waals surface area contributed by atoms with Gasteiger partial charge in [-0.05, 0) is 73.0 Å². The van der Waals surface area contributed by atoms with E-state index >= 15 is 0 Å². The monoisotopic (exact) mass is 834 g/mol. The maximum absolute atomic E-state index is 13.7. The molecule has 0 unspecified atom stereocenters. The molecule has 2 amide bonds. The number of morpholine rings is 1. The number of ether oxygens (including phenoxy) is 5. The Morgan fingerprint density at radius 3 is 2.07 bits per heavy atom. The molecule has 2 N–H and O–H groups in total. The van der Waals surface area contributed by atoms with Crippen molar-refractivity contribution in [1.29, 1.82) is 0 Å². The molecule has 0 saturated carbocycles. The molecule has 0 spiro atoms. The molecule has 3 heterocycles. The highest BCUT2D eigenvalue weighted by Gasteiger charge is 2.34. The van der Waals surface area contributed by atoms with E-state index < -0.39 is 0 Å². The lowest BCUT2D eigenvalue weighted by Gasteiger charge is -2.32. The topological polar surface area (TPSA) is 124 Å². The fraction of sp³-hybridized carbons (Fsp3) is 0.458. The van der Waals surface area contributed by atoms with Crippen LogP contribution >= 0.6 is 0 Å². The van der Waals surface area contributed by atoms with Crippen molar-refractivity contribution in [1.82, 2.24) is 20.5 Å². The van der Waals surface area contributed by atoms with Gasteiger partial charge in [0, 0.05) is 84.3 Å². The van der Waals surface area contributed by atoms with Crippen LogP contribution in [0.15, 0.2) is 84.7 Å². The Hall–Kier alpha value is -5.34. The van der Waals surface area contributed by atoms with Crippen molar-refractivity contribution < 1.29 is 38.6 Å². The van der Waals surface area contributed by atoms with Crippen LogP contribution in [0.2, 0.25) is 0 Å². The quantitative estimate of drug-likeness (QED) is 0.0637. The summed E-state index contributed by atoms with van der Waals surface area (Å²) in [6.45, 7) is 7.17. The van der Waals surface area contributed by atoms with Gasteiger partial charge in [0.1, 0.15) is 30.3 Å². The largest absolute Gasteiger partial charge is 0.497 e. The molecule has 1 radical (unpaired) electrons. The zero-order chi connectivity index (χ0) is 42.4. The second-order valence-corrected chi connectivity index (χ2v) is 15.9. The van der Waals surface area contributed by atoms with E-state index in [1.165, 1.54) is 48.1 Å². The number of methoxy groups -OCH3 is 2. The molecule has 3 aliphatic rings. The van der Waals surface area contributed by atoms with Gasteiger partial charge in [0.05, 0.1) is 52.9 Å². The van der Waals surface area contributed by atoms with Gasteiger partial charge < -0.3 is 33.9 Å². The lowest BCUT2D eigenvalue weighted by atomic mass is 9.92. The molecule has 0 bridgehead atoms. The Labute approximate surface area is 360 Å². The normalized spacial score (nSPS) is 15.2. The maximum Gasteiger partial charge on any atom is 0.261 e. The van der Waals surface area contributed by atoms with Gasteiger partial charge in [-0.2, -0.15) is 0 Å². The molecule has 1 saturated heterocycles. The third-order valence-corrected chi connectivity index (χ3v) is 11.6. The first kappa shape index (κ1) is 43.7. The minimum atomic E-state index is -0.264. The molecule has 7 rings (SSSR count). The average Bonchev–Trinajstić information content (AvgIpc) is 3.65. The lowest BCUT2D eigenvalue weighted by molar-refractivity contribution is -0.686. The fourth-order valence-corrected chi connectivity index (χ4v) is 8.21. The van der Waals surface area contributed by atoms with E-state index in [2.05, 4.69) is 40.0 Å². The summed E-state index contributed by atoms with van der Waals surface area (Å²) in [5.74, 6) is 2.02. The number of imide groups is 1. The molecule has 4 aromatic carbocycles. The molecule has 325 valence electrons. The average molecular weight is 835 g/mol. The van der Waals surface area contributed by atoms with Crippen LogP contribution < -0.4 is 30.0 Å². The van der Waals surface area contributed by atoms with Crippen molar-refractivity contribution in [2.45, 2.75) is 64.5 Å². The molecular weight excluding hydrogens is 773 g/mol. The van der Waals surface area contributed by atoms with Crippen LogP contribution in [0.5, 0.6) is 17.2 Å². The molecule has 1 fully saturated rings. The van der Waals surface area contributed by atoms with E-state index in [0.29, 0.717) is 44.1 Å². The van der Waals surface area contributed by atoms with E-state index in [1.807, 2.05) is 61.8 Å². The third kappa shape index (κ3) is 11.5. The first-order valence-electron chi connectivity index (χ1n) is 21.9. The Kier molecular flexibility index (Phi) is 15.7. The van der Waals surface area contributed by atoms with Gasteiger partial charge in [0.2, 0.25) is 0 Å². The zero-order valence-electron chi connectivity index (χ0n) is 36.1. The number of likely N-dealkylation sites (N-methyl/N-ethyl adjacent to an activating group) is 1. The lowest BCUT2D eigenvalue weighted by Crippen LogP contribution is -2.80. The number of hydrogen-bond donors (Lipinski definition) is 1. The number of amides is 2. The van der Waals surface area contributed by atoms with Crippen LogP contribution in [0.4, 0.5) is 5.69 Å². The van der Waals surface area contributed by atoms with Gasteiger partial charge in [-0.25, -0.2) is 0 Å². The van der Waals surface area contributed by atoms with Gasteiger partial charge in [-0.15, -0.1) is 0 Å². The van der Waals surface area contributed by atoms with Crippen molar-refractivity contribution in [2.24, 2.45) is 0 Å². The molecule has 4 aromatic rings. The summed E-state index contributed by atoms with van der Waals surface area (Å²) in [5, 5.41) is 7.53.